The van der Waals surface area contributed by atoms with Crippen molar-refractivity contribution in [1.29, 1.82) is 0 Å². The zero-order valence-corrected chi connectivity index (χ0v) is 12.5. The third kappa shape index (κ3) is 3.16. The van der Waals surface area contributed by atoms with Crippen molar-refractivity contribution >= 4 is 34.2 Å². The molecular weight excluding hydrogens is 320 g/mol. The zero-order chi connectivity index (χ0) is 12.4. The van der Waals surface area contributed by atoms with Crippen LogP contribution in [0.4, 0.5) is 0 Å². The number of benzene rings is 1. The number of hydrogen-bond acceptors (Lipinski definition) is 3. The van der Waals surface area contributed by atoms with E-state index in [1.165, 1.54) is 0 Å². The summed E-state index contributed by atoms with van der Waals surface area (Å²) >= 11 is 3.38. The molecule has 4 nitrogen and oxygen atoms in total. The average molecular weight is 336 g/mol. The predicted molar refractivity (Wildman–Crippen MR) is 76.4 cm³/mol. The van der Waals surface area contributed by atoms with Gasteiger partial charge in [0, 0.05) is 24.7 Å². The largest absolute Gasteiger partial charge is 0.496 e. The molecule has 1 aromatic carbocycles. The summed E-state index contributed by atoms with van der Waals surface area (Å²) < 4.78 is 5.92. The van der Waals surface area contributed by atoms with E-state index < -0.39 is 0 Å². The number of amides is 1. The lowest BCUT2D eigenvalue weighted by Gasteiger charge is -2.16. The predicted octanol–water partition coefficient (Wildman–Crippen LogP) is 2.05. The maximum absolute atomic E-state index is 12.2. The molecule has 2 N–H and O–H groups in total. The molecule has 1 amide bonds. The van der Waals surface area contributed by atoms with Gasteiger partial charge in [0.15, 0.2) is 0 Å². The minimum Gasteiger partial charge on any atom is -0.496 e. The summed E-state index contributed by atoms with van der Waals surface area (Å²) in [6, 6.07) is 5.45. The van der Waals surface area contributed by atoms with Gasteiger partial charge in [0.2, 0.25) is 0 Å². The summed E-state index contributed by atoms with van der Waals surface area (Å²) in [7, 11) is 1.60. The fraction of sp³-hybridized carbons (Fsp3) is 0.417. The summed E-state index contributed by atoms with van der Waals surface area (Å²) in [4.78, 5) is 13.9. The molecule has 1 heterocycles. The van der Waals surface area contributed by atoms with Gasteiger partial charge in [-0.2, -0.15) is 0 Å². The van der Waals surface area contributed by atoms with Crippen LogP contribution in [-0.2, 0) is 0 Å². The summed E-state index contributed by atoms with van der Waals surface area (Å²) in [6.07, 6.45) is 0.878. The second-order valence-corrected chi connectivity index (χ2v) is 5.00. The number of hydrogen-bond donors (Lipinski definition) is 1. The van der Waals surface area contributed by atoms with Crippen molar-refractivity contribution in [3.05, 3.63) is 28.2 Å². The number of carbonyl (C=O) groups is 1. The van der Waals surface area contributed by atoms with E-state index in [-0.39, 0.29) is 24.4 Å². The van der Waals surface area contributed by atoms with Crippen LogP contribution in [0.5, 0.6) is 5.75 Å². The molecule has 0 aliphatic carbocycles. The molecule has 1 aliphatic heterocycles. The Hall–Kier alpha value is -0.780. The number of likely N-dealkylation sites (tertiary alicyclic amines) is 1. The first kappa shape index (κ1) is 15.3. The lowest BCUT2D eigenvalue weighted by Crippen LogP contribution is -2.31. The van der Waals surface area contributed by atoms with E-state index in [9.17, 15) is 4.79 Å². The van der Waals surface area contributed by atoms with Crippen molar-refractivity contribution in [2.45, 2.75) is 12.5 Å². The Kier molecular flexibility index (Phi) is 5.44. The molecule has 1 aliphatic rings. The Bertz CT molecular complexity index is 442. The fourth-order valence-electron chi connectivity index (χ4n) is 1.95. The van der Waals surface area contributed by atoms with Gasteiger partial charge in [-0.15, -0.1) is 12.4 Å². The molecule has 1 atom stereocenters. The first-order valence-electron chi connectivity index (χ1n) is 5.50. The highest BCUT2D eigenvalue weighted by Crippen LogP contribution is 2.26. The van der Waals surface area contributed by atoms with Gasteiger partial charge in [-0.1, -0.05) is 0 Å². The highest BCUT2D eigenvalue weighted by Gasteiger charge is 2.24. The number of methoxy groups -OCH3 is 1. The van der Waals surface area contributed by atoms with Gasteiger partial charge >= 0.3 is 0 Å². The van der Waals surface area contributed by atoms with E-state index in [0.717, 1.165) is 23.2 Å². The standard InChI is InChI=1S/C12H15BrN2O2.ClH/c1-17-11-3-2-8(6-10(11)13)12(16)15-5-4-9(14)7-15;/h2-3,6,9H,4-5,7,14H2,1H3;1H. The van der Waals surface area contributed by atoms with Gasteiger partial charge in [0.25, 0.3) is 5.91 Å². The molecule has 0 bridgehead atoms. The maximum atomic E-state index is 12.2. The van der Waals surface area contributed by atoms with Gasteiger partial charge in [-0.3, -0.25) is 4.79 Å². The first-order chi connectivity index (χ1) is 8.11. The Morgan fingerprint density at radius 2 is 2.28 bits per heavy atom. The van der Waals surface area contributed by atoms with Crippen molar-refractivity contribution in [3.63, 3.8) is 0 Å². The number of rotatable bonds is 2. The highest BCUT2D eigenvalue weighted by atomic mass is 79.9. The molecule has 18 heavy (non-hydrogen) atoms. The molecule has 0 aromatic heterocycles. The maximum Gasteiger partial charge on any atom is 0.253 e. The van der Waals surface area contributed by atoms with Crippen LogP contribution in [0.15, 0.2) is 22.7 Å². The molecule has 1 saturated heterocycles. The Labute approximate surface area is 121 Å². The van der Waals surface area contributed by atoms with Gasteiger partial charge in [0.1, 0.15) is 5.75 Å². The van der Waals surface area contributed by atoms with E-state index >= 15 is 0 Å². The monoisotopic (exact) mass is 334 g/mol. The van der Waals surface area contributed by atoms with Crippen molar-refractivity contribution in [2.24, 2.45) is 5.73 Å². The Morgan fingerprint density at radius 3 is 2.78 bits per heavy atom. The number of nitrogens with zero attached hydrogens (tertiary/aromatic N) is 1. The molecule has 0 spiro atoms. The zero-order valence-electron chi connectivity index (χ0n) is 10.1. The summed E-state index contributed by atoms with van der Waals surface area (Å²) in [5.74, 6) is 0.751. The van der Waals surface area contributed by atoms with Crippen LogP contribution in [0.3, 0.4) is 0 Å². The second kappa shape index (κ2) is 6.41. The van der Waals surface area contributed by atoms with Crippen LogP contribution in [-0.4, -0.2) is 37.0 Å². The van der Waals surface area contributed by atoms with E-state index in [4.69, 9.17) is 10.5 Å². The molecule has 0 radical (unpaired) electrons. The van der Waals surface area contributed by atoms with Gasteiger partial charge in [-0.05, 0) is 40.5 Å². The summed E-state index contributed by atoms with van der Waals surface area (Å²) in [5.41, 5.74) is 6.45. The molecule has 100 valence electrons. The second-order valence-electron chi connectivity index (χ2n) is 4.15. The normalized spacial score (nSPS) is 18.4. The summed E-state index contributed by atoms with van der Waals surface area (Å²) in [5, 5.41) is 0. The third-order valence-electron chi connectivity index (χ3n) is 2.91. The third-order valence-corrected chi connectivity index (χ3v) is 3.53. The molecule has 0 saturated carbocycles. The highest BCUT2D eigenvalue weighted by molar-refractivity contribution is 9.10. The lowest BCUT2D eigenvalue weighted by atomic mass is 10.2. The topological polar surface area (TPSA) is 55.6 Å². The van der Waals surface area contributed by atoms with Crippen molar-refractivity contribution < 1.29 is 9.53 Å². The van der Waals surface area contributed by atoms with Crippen LogP contribution in [0.25, 0.3) is 0 Å². The van der Waals surface area contributed by atoms with E-state index in [0.29, 0.717) is 12.1 Å². The van der Waals surface area contributed by atoms with Gasteiger partial charge in [0.05, 0.1) is 11.6 Å². The average Bonchev–Trinajstić information content (AvgIpc) is 2.75. The summed E-state index contributed by atoms with van der Waals surface area (Å²) in [6.45, 7) is 1.38. The molecule has 1 unspecified atom stereocenters. The van der Waals surface area contributed by atoms with Gasteiger partial charge < -0.3 is 15.4 Å². The smallest absolute Gasteiger partial charge is 0.253 e. The molecule has 2 rings (SSSR count). The number of carbonyl (C=O) groups excluding carboxylic acids is 1. The van der Waals surface area contributed by atoms with Gasteiger partial charge in [-0.25, -0.2) is 0 Å². The molecule has 1 aromatic rings. The molecule has 6 heteroatoms. The minimum atomic E-state index is 0. The van der Waals surface area contributed by atoms with E-state index in [1.54, 1.807) is 30.2 Å². The van der Waals surface area contributed by atoms with Crippen LogP contribution in [0, 0.1) is 0 Å². The molecular formula is C12H16BrClN2O2. The number of nitrogens with two attached hydrogens (primary N) is 1. The lowest BCUT2D eigenvalue weighted by molar-refractivity contribution is 0.0791. The minimum absolute atomic E-state index is 0. The van der Waals surface area contributed by atoms with Crippen LogP contribution >= 0.6 is 28.3 Å². The first-order valence-corrected chi connectivity index (χ1v) is 6.29. The number of halogens is 2. The quantitative estimate of drug-likeness (QED) is 0.900. The van der Waals surface area contributed by atoms with Crippen LogP contribution in [0.2, 0.25) is 0 Å². The van der Waals surface area contributed by atoms with Crippen molar-refractivity contribution in [3.8, 4) is 5.75 Å². The van der Waals surface area contributed by atoms with Crippen molar-refractivity contribution in [2.75, 3.05) is 20.2 Å². The Balaban J connectivity index is 0.00000162. The van der Waals surface area contributed by atoms with Crippen molar-refractivity contribution in [1.82, 2.24) is 4.90 Å². The van der Waals surface area contributed by atoms with E-state index in [1.807, 2.05) is 0 Å². The van der Waals surface area contributed by atoms with Crippen LogP contribution < -0.4 is 10.5 Å². The SMILES string of the molecule is COc1ccc(C(=O)N2CCC(N)C2)cc1Br.Cl. The van der Waals surface area contributed by atoms with E-state index in [2.05, 4.69) is 15.9 Å². The molecule has 1 fully saturated rings. The number of ether oxygens (including phenoxy) is 1. The fourth-order valence-corrected chi connectivity index (χ4v) is 2.49. The Morgan fingerprint density at radius 1 is 1.56 bits per heavy atom. The van der Waals surface area contributed by atoms with Crippen LogP contribution in [0.1, 0.15) is 16.8 Å².